The van der Waals surface area contributed by atoms with E-state index < -0.39 is 12.1 Å². The molecule has 1 saturated carbocycles. The monoisotopic (exact) mass is 239 g/mol. The zero-order valence-corrected chi connectivity index (χ0v) is 9.62. The lowest BCUT2D eigenvalue weighted by Crippen LogP contribution is -2.22. The van der Waals surface area contributed by atoms with E-state index in [1.807, 2.05) is 4.57 Å². The fourth-order valence-corrected chi connectivity index (χ4v) is 1.96. The smallest absolute Gasteiger partial charge is 0.332 e. The van der Waals surface area contributed by atoms with E-state index in [1.165, 1.54) is 19.3 Å². The third kappa shape index (κ3) is 3.03. The van der Waals surface area contributed by atoms with Crippen molar-refractivity contribution < 1.29 is 15.0 Å². The van der Waals surface area contributed by atoms with Crippen molar-refractivity contribution in [2.75, 3.05) is 0 Å². The van der Waals surface area contributed by atoms with Gasteiger partial charge in [0.15, 0.2) is 6.10 Å². The van der Waals surface area contributed by atoms with Crippen molar-refractivity contribution in [2.24, 2.45) is 5.92 Å². The summed E-state index contributed by atoms with van der Waals surface area (Å²) in [5.74, 6) is 0.410. The molecule has 94 valence electrons. The molecule has 1 aromatic rings. The highest BCUT2D eigenvalue weighted by Crippen LogP contribution is 2.29. The summed E-state index contributed by atoms with van der Waals surface area (Å²) >= 11 is 0. The molecule has 6 nitrogen and oxygen atoms in total. The summed E-state index contributed by atoms with van der Waals surface area (Å²) in [6.45, 7) is 0.447. The number of aliphatic hydroxyl groups is 1. The average molecular weight is 239 g/mol. The van der Waals surface area contributed by atoms with E-state index in [2.05, 4.69) is 10.2 Å². The lowest BCUT2D eigenvalue weighted by Gasteiger charge is -2.24. The van der Waals surface area contributed by atoms with Gasteiger partial charge in [0.1, 0.15) is 12.2 Å². The van der Waals surface area contributed by atoms with E-state index in [1.54, 1.807) is 6.33 Å². The molecule has 0 spiro atoms. The normalized spacial score (nSPS) is 17.7. The van der Waals surface area contributed by atoms with Crippen LogP contribution in [0.5, 0.6) is 0 Å². The Bertz CT molecular complexity index is 387. The molecule has 1 heterocycles. The highest BCUT2D eigenvalue weighted by molar-refractivity contribution is 5.71. The molecule has 0 bridgehead atoms. The van der Waals surface area contributed by atoms with E-state index in [4.69, 9.17) is 5.11 Å². The molecular formula is C11H17N3O3. The van der Waals surface area contributed by atoms with Gasteiger partial charge < -0.3 is 14.8 Å². The van der Waals surface area contributed by atoms with Gasteiger partial charge >= 0.3 is 5.97 Å². The Morgan fingerprint density at radius 1 is 1.59 bits per heavy atom. The number of hydrogen-bond acceptors (Lipinski definition) is 4. The first-order valence-corrected chi connectivity index (χ1v) is 5.94. The first-order valence-electron chi connectivity index (χ1n) is 5.94. The maximum absolute atomic E-state index is 10.5. The number of aliphatic carboxylic acids is 1. The number of carboxylic acids is 1. The summed E-state index contributed by atoms with van der Waals surface area (Å²) in [6, 6.07) is 0. The molecular weight excluding hydrogens is 222 g/mol. The van der Waals surface area contributed by atoms with Crippen LogP contribution >= 0.6 is 0 Å². The van der Waals surface area contributed by atoms with Crippen LogP contribution in [-0.2, 0) is 17.8 Å². The number of carboxylic acid groups (broad SMARTS) is 1. The molecule has 1 atom stereocenters. The first-order chi connectivity index (χ1) is 8.16. The molecule has 1 fully saturated rings. The van der Waals surface area contributed by atoms with Crippen LogP contribution in [-0.4, -0.2) is 37.1 Å². The maximum Gasteiger partial charge on any atom is 0.332 e. The Balaban J connectivity index is 1.87. The van der Waals surface area contributed by atoms with E-state index in [9.17, 15) is 9.90 Å². The van der Waals surface area contributed by atoms with Gasteiger partial charge in [0, 0.05) is 19.4 Å². The zero-order chi connectivity index (χ0) is 12.3. The summed E-state index contributed by atoms with van der Waals surface area (Å²) in [5.41, 5.74) is 0. The van der Waals surface area contributed by atoms with Crippen molar-refractivity contribution in [3.05, 3.63) is 12.2 Å². The van der Waals surface area contributed by atoms with Crippen molar-refractivity contribution >= 4 is 5.97 Å². The van der Waals surface area contributed by atoms with Crippen molar-refractivity contribution in [1.29, 1.82) is 0 Å². The maximum atomic E-state index is 10.5. The van der Waals surface area contributed by atoms with Crippen molar-refractivity contribution in [1.82, 2.24) is 14.8 Å². The van der Waals surface area contributed by atoms with Gasteiger partial charge in [-0.3, -0.25) is 0 Å². The highest BCUT2D eigenvalue weighted by Gasteiger charge is 2.21. The Kier molecular flexibility index (Phi) is 3.73. The van der Waals surface area contributed by atoms with Crippen LogP contribution in [0.2, 0.25) is 0 Å². The third-order valence-electron chi connectivity index (χ3n) is 3.32. The molecule has 0 aromatic carbocycles. The number of nitrogens with zero attached hydrogens (tertiary/aromatic N) is 3. The molecule has 6 heteroatoms. The molecule has 1 aliphatic rings. The molecule has 1 unspecified atom stereocenters. The average Bonchev–Trinajstić information content (AvgIpc) is 2.67. The lowest BCUT2D eigenvalue weighted by atomic mass is 9.83. The fourth-order valence-electron chi connectivity index (χ4n) is 1.96. The number of rotatable bonds is 6. The highest BCUT2D eigenvalue weighted by atomic mass is 16.4. The number of aromatic nitrogens is 3. The van der Waals surface area contributed by atoms with Gasteiger partial charge in [-0.2, -0.15) is 0 Å². The summed E-state index contributed by atoms with van der Waals surface area (Å²) < 4.78 is 1.84. The largest absolute Gasteiger partial charge is 0.479 e. The molecule has 1 aromatic heterocycles. The Labute approximate surface area is 99.3 Å². The van der Waals surface area contributed by atoms with Crippen molar-refractivity contribution in [3.8, 4) is 0 Å². The summed E-state index contributed by atoms with van der Waals surface area (Å²) in [7, 11) is 0. The van der Waals surface area contributed by atoms with E-state index >= 15 is 0 Å². The number of aryl methyl sites for hydroxylation is 1. The molecule has 0 amide bonds. The Hall–Kier alpha value is -1.43. The van der Waals surface area contributed by atoms with Crippen LogP contribution in [0.15, 0.2) is 6.33 Å². The molecule has 0 aliphatic heterocycles. The third-order valence-corrected chi connectivity index (χ3v) is 3.32. The summed E-state index contributed by atoms with van der Waals surface area (Å²) in [4.78, 5) is 10.5. The molecule has 2 rings (SSSR count). The molecule has 0 saturated heterocycles. The van der Waals surface area contributed by atoms with Crippen molar-refractivity contribution in [3.63, 3.8) is 0 Å². The quantitative estimate of drug-likeness (QED) is 0.752. The SMILES string of the molecule is O=C(O)C(O)CCn1cnnc1CC1CCC1. The van der Waals surface area contributed by atoms with Crippen molar-refractivity contribution in [2.45, 2.75) is 44.8 Å². The summed E-state index contributed by atoms with van der Waals surface area (Å²) in [5, 5.41) is 25.7. The molecule has 17 heavy (non-hydrogen) atoms. The van der Waals surface area contributed by atoms with Gasteiger partial charge in [0.2, 0.25) is 0 Å². The van der Waals surface area contributed by atoms with Gasteiger partial charge in [-0.1, -0.05) is 19.3 Å². The lowest BCUT2D eigenvalue weighted by molar-refractivity contribution is -0.147. The van der Waals surface area contributed by atoms with Crippen LogP contribution < -0.4 is 0 Å². The van der Waals surface area contributed by atoms with Gasteiger partial charge in [-0.25, -0.2) is 4.79 Å². The second-order valence-electron chi connectivity index (χ2n) is 4.58. The Morgan fingerprint density at radius 3 is 2.94 bits per heavy atom. The van der Waals surface area contributed by atoms with Crippen LogP contribution in [0.4, 0.5) is 0 Å². The molecule has 2 N–H and O–H groups in total. The number of hydrogen-bond donors (Lipinski definition) is 2. The van der Waals surface area contributed by atoms with E-state index in [-0.39, 0.29) is 6.42 Å². The van der Waals surface area contributed by atoms with Gasteiger partial charge in [-0.15, -0.1) is 10.2 Å². The first kappa shape index (κ1) is 12.0. The van der Waals surface area contributed by atoms with Crippen LogP contribution in [0, 0.1) is 5.92 Å². The zero-order valence-electron chi connectivity index (χ0n) is 9.62. The predicted molar refractivity (Wildman–Crippen MR) is 59.3 cm³/mol. The topological polar surface area (TPSA) is 88.2 Å². The van der Waals surface area contributed by atoms with Gasteiger partial charge in [0.25, 0.3) is 0 Å². The summed E-state index contributed by atoms with van der Waals surface area (Å²) in [6.07, 6.45) is 5.15. The van der Waals surface area contributed by atoms with E-state index in [0.717, 1.165) is 12.2 Å². The van der Waals surface area contributed by atoms with Crippen LogP contribution in [0.3, 0.4) is 0 Å². The molecule has 0 radical (unpaired) electrons. The number of aliphatic hydroxyl groups excluding tert-OH is 1. The van der Waals surface area contributed by atoms with Gasteiger partial charge in [0.05, 0.1) is 0 Å². The van der Waals surface area contributed by atoms with E-state index in [0.29, 0.717) is 12.5 Å². The van der Waals surface area contributed by atoms with Gasteiger partial charge in [-0.05, 0) is 5.92 Å². The minimum Gasteiger partial charge on any atom is -0.479 e. The number of carbonyl (C=O) groups is 1. The minimum atomic E-state index is -1.31. The fraction of sp³-hybridized carbons (Fsp3) is 0.727. The predicted octanol–water partition coefficient (Wildman–Crippen LogP) is 0.456. The Morgan fingerprint density at radius 2 is 2.35 bits per heavy atom. The second kappa shape index (κ2) is 5.27. The van der Waals surface area contributed by atoms with Crippen LogP contribution in [0.25, 0.3) is 0 Å². The standard InChI is InChI=1S/C11H17N3O3/c15-9(11(16)17)4-5-14-7-12-13-10(14)6-8-2-1-3-8/h7-9,15H,1-6H2,(H,16,17). The van der Waals surface area contributed by atoms with Crippen LogP contribution in [0.1, 0.15) is 31.5 Å². The minimum absolute atomic E-state index is 0.186. The second-order valence-corrected chi connectivity index (χ2v) is 4.58. The molecule has 1 aliphatic carbocycles.